The van der Waals surface area contributed by atoms with Gasteiger partial charge in [-0.05, 0) is 38.0 Å². The number of nitrogens with zero attached hydrogens (tertiary/aromatic N) is 2. The summed E-state index contributed by atoms with van der Waals surface area (Å²) in [6, 6.07) is 0. The second-order valence-corrected chi connectivity index (χ2v) is 5.32. The summed E-state index contributed by atoms with van der Waals surface area (Å²) in [5.41, 5.74) is 1.12. The largest absolute Gasteiger partial charge is 0.370 e. The summed E-state index contributed by atoms with van der Waals surface area (Å²) in [6.07, 6.45) is 5.53. The highest BCUT2D eigenvalue weighted by atomic mass is 15.1. The quantitative estimate of drug-likeness (QED) is 0.778. The van der Waals surface area contributed by atoms with Crippen LogP contribution in [0.15, 0.2) is 6.33 Å². The number of hydrogen-bond acceptors (Lipinski definition) is 4. The van der Waals surface area contributed by atoms with E-state index in [1.165, 1.54) is 12.8 Å². The zero-order chi connectivity index (χ0) is 13.0. The molecule has 0 aromatic carbocycles. The van der Waals surface area contributed by atoms with Gasteiger partial charge >= 0.3 is 0 Å². The van der Waals surface area contributed by atoms with Gasteiger partial charge in [0, 0.05) is 18.7 Å². The van der Waals surface area contributed by atoms with Crippen molar-refractivity contribution in [1.82, 2.24) is 9.97 Å². The van der Waals surface area contributed by atoms with E-state index in [-0.39, 0.29) is 0 Å². The van der Waals surface area contributed by atoms with Gasteiger partial charge in [-0.3, -0.25) is 0 Å². The van der Waals surface area contributed by atoms with Gasteiger partial charge in [-0.25, -0.2) is 9.97 Å². The zero-order valence-corrected chi connectivity index (χ0v) is 11.7. The van der Waals surface area contributed by atoms with E-state index < -0.39 is 0 Å². The van der Waals surface area contributed by atoms with Crippen molar-refractivity contribution in [2.75, 3.05) is 23.7 Å². The molecule has 0 saturated heterocycles. The summed E-state index contributed by atoms with van der Waals surface area (Å²) in [4.78, 5) is 8.63. The molecule has 1 fully saturated rings. The van der Waals surface area contributed by atoms with Gasteiger partial charge in [0.1, 0.15) is 18.0 Å². The molecule has 1 aromatic rings. The minimum absolute atomic E-state index is 0.742. The Balaban J connectivity index is 1.94. The van der Waals surface area contributed by atoms with E-state index in [2.05, 4.69) is 41.4 Å². The van der Waals surface area contributed by atoms with Crippen molar-refractivity contribution in [3.8, 4) is 0 Å². The molecule has 0 aliphatic heterocycles. The van der Waals surface area contributed by atoms with Crippen molar-refractivity contribution < 1.29 is 0 Å². The van der Waals surface area contributed by atoms with Gasteiger partial charge in [0.05, 0.1) is 0 Å². The Bertz CT molecular complexity index is 387. The van der Waals surface area contributed by atoms with Gasteiger partial charge < -0.3 is 10.6 Å². The molecular weight excluding hydrogens is 224 g/mol. The normalized spacial score (nSPS) is 16.4. The van der Waals surface area contributed by atoms with Gasteiger partial charge in [-0.1, -0.05) is 13.8 Å². The van der Waals surface area contributed by atoms with Crippen LogP contribution >= 0.6 is 0 Å². The van der Waals surface area contributed by atoms with E-state index in [0.29, 0.717) is 0 Å². The lowest BCUT2D eigenvalue weighted by atomic mass is 10.1. The molecule has 0 bridgehead atoms. The standard InChI is InChI=1S/C14H24N4/c1-4-7-15-13-11(3)14(18-9-17-13)16-8-10(2)12-5-6-12/h9-10,12H,4-8H2,1-3H3,(H2,15,16,17,18). The summed E-state index contributed by atoms with van der Waals surface area (Å²) in [5.74, 6) is 3.59. The Morgan fingerprint density at radius 2 is 1.94 bits per heavy atom. The van der Waals surface area contributed by atoms with Crippen molar-refractivity contribution in [2.45, 2.75) is 40.0 Å². The van der Waals surface area contributed by atoms with Crippen LogP contribution in [0, 0.1) is 18.8 Å². The molecule has 1 heterocycles. The highest BCUT2D eigenvalue weighted by molar-refractivity contribution is 5.56. The minimum Gasteiger partial charge on any atom is -0.370 e. The van der Waals surface area contributed by atoms with E-state index in [9.17, 15) is 0 Å². The first kappa shape index (κ1) is 13.1. The predicted molar refractivity (Wildman–Crippen MR) is 75.9 cm³/mol. The molecular formula is C14H24N4. The molecule has 1 aliphatic rings. The second-order valence-electron chi connectivity index (χ2n) is 5.32. The summed E-state index contributed by atoms with van der Waals surface area (Å²) in [7, 11) is 0. The lowest BCUT2D eigenvalue weighted by Gasteiger charge is -2.15. The first-order valence-electron chi connectivity index (χ1n) is 7.01. The van der Waals surface area contributed by atoms with Gasteiger partial charge in [-0.15, -0.1) is 0 Å². The second kappa shape index (κ2) is 6.03. The van der Waals surface area contributed by atoms with Crippen LogP contribution < -0.4 is 10.6 Å². The molecule has 1 aromatic heterocycles. The van der Waals surface area contributed by atoms with E-state index in [1.807, 2.05) is 0 Å². The number of hydrogen-bond donors (Lipinski definition) is 2. The number of aromatic nitrogens is 2. The molecule has 2 rings (SSSR count). The SMILES string of the molecule is CCCNc1ncnc(NCC(C)C2CC2)c1C. The summed E-state index contributed by atoms with van der Waals surface area (Å²) in [5, 5.41) is 6.79. The van der Waals surface area contributed by atoms with E-state index >= 15 is 0 Å². The van der Waals surface area contributed by atoms with Crippen LogP contribution in [0.1, 0.15) is 38.7 Å². The van der Waals surface area contributed by atoms with Crippen LogP contribution in [-0.2, 0) is 0 Å². The van der Waals surface area contributed by atoms with Crippen LogP contribution in [0.3, 0.4) is 0 Å². The fourth-order valence-electron chi connectivity index (χ4n) is 2.14. The molecule has 0 spiro atoms. The molecule has 1 atom stereocenters. The lowest BCUT2D eigenvalue weighted by Crippen LogP contribution is -2.15. The zero-order valence-electron chi connectivity index (χ0n) is 11.7. The van der Waals surface area contributed by atoms with Crippen LogP contribution in [-0.4, -0.2) is 23.1 Å². The monoisotopic (exact) mass is 248 g/mol. The Kier molecular flexibility index (Phi) is 4.39. The minimum atomic E-state index is 0.742. The van der Waals surface area contributed by atoms with Gasteiger partial charge in [0.2, 0.25) is 0 Å². The fraction of sp³-hybridized carbons (Fsp3) is 0.714. The molecule has 100 valence electrons. The number of anilines is 2. The highest BCUT2D eigenvalue weighted by Crippen LogP contribution is 2.36. The molecule has 4 heteroatoms. The summed E-state index contributed by atoms with van der Waals surface area (Å²) >= 11 is 0. The molecule has 2 N–H and O–H groups in total. The van der Waals surface area contributed by atoms with Crippen LogP contribution in [0.4, 0.5) is 11.6 Å². The van der Waals surface area contributed by atoms with E-state index in [1.54, 1.807) is 6.33 Å². The van der Waals surface area contributed by atoms with Crippen LogP contribution in [0.25, 0.3) is 0 Å². The molecule has 0 amide bonds. The molecule has 4 nitrogen and oxygen atoms in total. The maximum Gasteiger partial charge on any atom is 0.134 e. The third-order valence-electron chi connectivity index (χ3n) is 3.64. The number of rotatable bonds is 7. The Hall–Kier alpha value is -1.32. The van der Waals surface area contributed by atoms with Crippen molar-refractivity contribution in [3.05, 3.63) is 11.9 Å². The molecule has 18 heavy (non-hydrogen) atoms. The van der Waals surface area contributed by atoms with E-state index in [4.69, 9.17) is 0 Å². The topological polar surface area (TPSA) is 49.8 Å². The average molecular weight is 248 g/mol. The fourth-order valence-corrected chi connectivity index (χ4v) is 2.14. The smallest absolute Gasteiger partial charge is 0.134 e. The molecule has 1 aliphatic carbocycles. The van der Waals surface area contributed by atoms with Gasteiger partial charge in [-0.2, -0.15) is 0 Å². The third-order valence-corrected chi connectivity index (χ3v) is 3.64. The van der Waals surface area contributed by atoms with Crippen LogP contribution in [0.2, 0.25) is 0 Å². The van der Waals surface area contributed by atoms with Crippen LogP contribution in [0.5, 0.6) is 0 Å². The summed E-state index contributed by atoms with van der Waals surface area (Å²) in [6.45, 7) is 8.51. The molecule has 0 radical (unpaired) electrons. The van der Waals surface area contributed by atoms with Crippen molar-refractivity contribution in [1.29, 1.82) is 0 Å². The van der Waals surface area contributed by atoms with Crippen molar-refractivity contribution in [2.24, 2.45) is 11.8 Å². The van der Waals surface area contributed by atoms with Crippen molar-refractivity contribution in [3.63, 3.8) is 0 Å². The van der Waals surface area contributed by atoms with E-state index in [0.717, 1.165) is 48.5 Å². The van der Waals surface area contributed by atoms with Gasteiger partial charge in [0.25, 0.3) is 0 Å². The lowest BCUT2D eigenvalue weighted by molar-refractivity contribution is 0.535. The first-order valence-corrected chi connectivity index (χ1v) is 7.01. The molecule has 1 saturated carbocycles. The maximum absolute atomic E-state index is 4.34. The van der Waals surface area contributed by atoms with Gasteiger partial charge in [0.15, 0.2) is 0 Å². The average Bonchev–Trinajstić information content (AvgIpc) is 3.20. The first-order chi connectivity index (χ1) is 8.72. The predicted octanol–water partition coefficient (Wildman–Crippen LogP) is 3.06. The highest BCUT2D eigenvalue weighted by Gasteiger charge is 2.27. The third kappa shape index (κ3) is 3.34. The Morgan fingerprint density at radius 3 is 2.56 bits per heavy atom. The Labute approximate surface area is 110 Å². The Morgan fingerprint density at radius 1 is 1.28 bits per heavy atom. The summed E-state index contributed by atoms with van der Waals surface area (Å²) < 4.78 is 0. The van der Waals surface area contributed by atoms with Crippen molar-refractivity contribution >= 4 is 11.6 Å². The maximum atomic E-state index is 4.34. The number of nitrogens with one attached hydrogen (secondary N) is 2. The molecule has 1 unspecified atom stereocenters.